The lowest BCUT2D eigenvalue weighted by Crippen LogP contribution is -2.33. The Morgan fingerprint density at radius 1 is 1.60 bits per heavy atom. The number of hydrogen-bond acceptors (Lipinski definition) is 4. The number of oxazole rings is 1. The maximum Gasteiger partial charge on any atom is 0.211 e. The first-order valence-corrected chi connectivity index (χ1v) is 5.64. The molecule has 2 rings (SSSR count). The van der Waals surface area contributed by atoms with E-state index in [0.29, 0.717) is 11.8 Å². The second-order valence-electron chi connectivity index (χ2n) is 3.96. The van der Waals surface area contributed by atoms with Gasteiger partial charge in [-0.1, -0.05) is 13.3 Å². The number of likely N-dealkylation sites (tertiary alicyclic amines) is 1. The van der Waals surface area contributed by atoms with Gasteiger partial charge in [0.25, 0.3) is 0 Å². The molecule has 0 saturated carbocycles. The highest BCUT2D eigenvalue weighted by Crippen LogP contribution is 2.29. The van der Waals surface area contributed by atoms with Gasteiger partial charge in [-0.3, -0.25) is 4.90 Å². The Bertz CT molecular complexity index is 311. The van der Waals surface area contributed by atoms with Crippen molar-refractivity contribution in [1.82, 2.24) is 9.88 Å². The summed E-state index contributed by atoms with van der Waals surface area (Å²) in [5.41, 5.74) is 0. The molecule has 4 heteroatoms. The molecule has 0 aliphatic carbocycles. The third-order valence-electron chi connectivity index (χ3n) is 3.03. The molecule has 1 aliphatic heterocycles. The summed E-state index contributed by atoms with van der Waals surface area (Å²) in [6.45, 7) is 4.25. The van der Waals surface area contributed by atoms with Crippen molar-refractivity contribution in [1.29, 1.82) is 0 Å². The Labute approximate surface area is 89.9 Å². The predicted octanol–water partition coefficient (Wildman–Crippen LogP) is 1.71. The largest absolute Gasteiger partial charge is 0.442 e. The van der Waals surface area contributed by atoms with Gasteiger partial charge in [0.1, 0.15) is 12.4 Å². The number of aromatic nitrogens is 1. The number of nitrogens with zero attached hydrogens (tertiary/aromatic N) is 2. The smallest absolute Gasteiger partial charge is 0.211 e. The van der Waals surface area contributed by atoms with Crippen LogP contribution < -0.4 is 0 Å². The van der Waals surface area contributed by atoms with E-state index in [4.69, 9.17) is 9.52 Å². The fraction of sp³-hybridized carbons (Fsp3) is 0.727. The lowest BCUT2D eigenvalue weighted by atomic mass is 10.0. The van der Waals surface area contributed by atoms with E-state index in [9.17, 15) is 0 Å². The molecule has 1 aliphatic rings. The average Bonchev–Trinajstić information content (AvgIpc) is 2.77. The fourth-order valence-corrected chi connectivity index (χ4v) is 2.20. The van der Waals surface area contributed by atoms with Crippen LogP contribution in [0.2, 0.25) is 0 Å². The average molecular weight is 210 g/mol. The molecule has 0 amide bonds. The molecule has 4 nitrogen and oxygen atoms in total. The summed E-state index contributed by atoms with van der Waals surface area (Å²) in [7, 11) is 0. The molecular weight excluding hydrogens is 192 g/mol. The van der Waals surface area contributed by atoms with Gasteiger partial charge in [0.05, 0.1) is 12.2 Å². The molecule has 1 fully saturated rings. The normalized spacial score (nSPS) is 23.2. The minimum atomic E-state index is -0.0636. The number of rotatable bonds is 3. The van der Waals surface area contributed by atoms with Crippen LogP contribution in [0.3, 0.4) is 0 Å². The van der Waals surface area contributed by atoms with Gasteiger partial charge >= 0.3 is 0 Å². The Morgan fingerprint density at radius 3 is 3.13 bits per heavy atom. The van der Waals surface area contributed by atoms with Crippen molar-refractivity contribution in [3.05, 3.63) is 17.8 Å². The van der Waals surface area contributed by atoms with Gasteiger partial charge in [0, 0.05) is 0 Å². The van der Waals surface area contributed by atoms with E-state index < -0.39 is 0 Å². The molecule has 84 valence electrons. The van der Waals surface area contributed by atoms with Gasteiger partial charge in [0.15, 0.2) is 0 Å². The SMILES string of the molecule is CCN1CCCCC1c1ncc(CO)o1. The molecule has 0 spiro atoms. The minimum Gasteiger partial charge on any atom is -0.442 e. The van der Waals surface area contributed by atoms with Gasteiger partial charge in [-0.05, 0) is 25.9 Å². The van der Waals surface area contributed by atoms with Gasteiger partial charge in [-0.2, -0.15) is 0 Å². The Kier molecular flexibility index (Phi) is 3.38. The zero-order chi connectivity index (χ0) is 10.7. The highest BCUT2D eigenvalue weighted by Gasteiger charge is 2.26. The topological polar surface area (TPSA) is 49.5 Å². The maximum atomic E-state index is 8.93. The molecule has 1 saturated heterocycles. The summed E-state index contributed by atoms with van der Waals surface area (Å²) in [6, 6.07) is 0.309. The molecule has 0 bridgehead atoms. The summed E-state index contributed by atoms with van der Waals surface area (Å²) >= 11 is 0. The van der Waals surface area contributed by atoms with Gasteiger partial charge < -0.3 is 9.52 Å². The molecule has 0 radical (unpaired) electrons. The van der Waals surface area contributed by atoms with Crippen molar-refractivity contribution in [3.63, 3.8) is 0 Å². The maximum absolute atomic E-state index is 8.93. The highest BCUT2D eigenvalue weighted by atomic mass is 16.4. The van der Waals surface area contributed by atoms with Gasteiger partial charge in [-0.25, -0.2) is 4.98 Å². The molecule has 1 N–H and O–H groups in total. The van der Waals surface area contributed by atoms with Crippen LogP contribution in [0.15, 0.2) is 10.6 Å². The van der Waals surface area contributed by atoms with Crippen molar-refractivity contribution in [2.75, 3.05) is 13.1 Å². The zero-order valence-corrected chi connectivity index (χ0v) is 9.15. The van der Waals surface area contributed by atoms with E-state index in [1.54, 1.807) is 6.20 Å². The monoisotopic (exact) mass is 210 g/mol. The Balaban J connectivity index is 2.12. The number of piperidine rings is 1. The van der Waals surface area contributed by atoms with Gasteiger partial charge in [0.2, 0.25) is 5.89 Å². The van der Waals surface area contributed by atoms with Crippen LogP contribution in [-0.4, -0.2) is 28.1 Å². The first-order chi connectivity index (χ1) is 7.35. The standard InChI is InChI=1S/C11H18N2O2/c1-2-13-6-4-3-5-10(13)11-12-7-9(8-14)15-11/h7,10,14H,2-6,8H2,1H3. The third-order valence-corrected chi connectivity index (χ3v) is 3.03. The quantitative estimate of drug-likeness (QED) is 0.825. The summed E-state index contributed by atoms with van der Waals surface area (Å²) in [6.07, 6.45) is 5.23. The Hall–Kier alpha value is -0.870. The van der Waals surface area contributed by atoms with Crippen molar-refractivity contribution in [2.45, 2.75) is 38.8 Å². The third kappa shape index (κ3) is 2.21. The van der Waals surface area contributed by atoms with Gasteiger partial charge in [-0.15, -0.1) is 0 Å². The van der Waals surface area contributed by atoms with Crippen LogP contribution in [0, 0.1) is 0 Å². The first-order valence-electron chi connectivity index (χ1n) is 5.64. The van der Waals surface area contributed by atoms with Crippen molar-refractivity contribution in [3.8, 4) is 0 Å². The van der Waals surface area contributed by atoms with Crippen molar-refractivity contribution in [2.24, 2.45) is 0 Å². The van der Waals surface area contributed by atoms with Crippen molar-refractivity contribution >= 4 is 0 Å². The number of aliphatic hydroxyl groups excluding tert-OH is 1. The molecule has 0 aromatic carbocycles. The number of aliphatic hydroxyl groups is 1. The van der Waals surface area contributed by atoms with Crippen molar-refractivity contribution < 1.29 is 9.52 Å². The van der Waals surface area contributed by atoms with E-state index >= 15 is 0 Å². The molecule has 2 heterocycles. The minimum absolute atomic E-state index is 0.0636. The van der Waals surface area contributed by atoms with Crippen LogP contribution in [0.1, 0.15) is 43.9 Å². The summed E-state index contributed by atoms with van der Waals surface area (Å²) in [4.78, 5) is 6.63. The lowest BCUT2D eigenvalue weighted by molar-refractivity contribution is 0.128. The first kappa shape index (κ1) is 10.6. The highest BCUT2D eigenvalue weighted by molar-refractivity contribution is 4.98. The summed E-state index contributed by atoms with van der Waals surface area (Å²) < 4.78 is 5.50. The van der Waals surface area contributed by atoms with E-state index in [1.165, 1.54) is 12.8 Å². The van der Waals surface area contributed by atoms with Crippen LogP contribution in [0.4, 0.5) is 0 Å². The number of hydrogen-bond donors (Lipinski definition) is 1. The predicted molar refractivity (Wildman–Crippen MR) is 56.3 cm³/mol. The van der Waals surface area contributed by atoms with E-state index in [-0.39, 0.29) is 6.61 Å². The van der Waals surface area contributed by atoms with Crippen LogP contribution in [0.25, 0.3) is 0 Å². The summed E-state index contributed by atoms with van der Waals surface area (Å²) in [5.74, 6) is 1.33. The summed E-state index contributed by atoms with van der Waals surface area (Å²) in [5, 5.41) is 8.93. The lowest BCUT2D eigenvalue weighted by Gasteiger charge is -2.32. The second-order valence-corrected chi connectivity index (χ2v) is 3.96. The molecule has 1 aromatic rings. The molecule has 15 heavy (non-hydrogen) atoms. The van der Waals surface area contributed by atoms with Crippen LogP contribution in [0.5, 0.6) is 0 Å². The fourth-order valence-electron chi connectivity index (χ4n) is 2.20. The van der Waals surface area contributed by atoms with E-state index in [0.717, 1.165) is 25.4 Å². The van der Waals surface area contributed by atoms with Crippen LogP contribution in [-0.2, 0) is 6.61 Å². The molecule has 1 atom stereocenters. The zero-order valence-electron chi connectivity index (χ0n) is 9.15. The molecule has 1 aromatic heterocycles. The Morgan fingerprint density at radius 2 is 2.47 bits per heavy atom. The molecule has 1 unspecified atom stereocenters. The second kappa shape index (κ2) is 4.77. The van der Waals surface area contributed by atoms with E-state index in [2.05, 4.69) is 16.8 Å². The molecular formula is C11H18N2O2. The van der Waals surface area contributed by atoms with E-state index in [1.807, 2.05) is 0 Å². The van der Waals surface area contributed by atoms with Crippen LogP contribution >= 0.6 is 0 Å².